The number of thiophene rings is 1. The van der Waals surface area contributed by atoms with Crippen LogP contribution in [0.1, 0.15) is 36.4 Å². The molecule has 1 amide bonds. The van der Waals surface area contributed by atoms with Crippen molar-refractivity contribution in [2.75, 3.05) is 19.7 Å². The number of hydrogen-bond donors (Lipinski definition) is 0. The number of carbonyl (C=O) groups is 2. The molecule has 0 bridgehead atoms. The van der Waals surface area contributed by atoms with Gasteiger partial charge in [0.2, 0.25) is 5.91 Å². The summed E-state index contributed by atoms with van der Waals surface area (Å²) in [6.07, 6.45) is 0.583. The number of rotatable bonds is 6. The molecular formula is C14H19NO3S. The fraction of sp³-hybridized carbons (Fsp3) is 0.571. The lowest BCUT2D eigenvalue weighted by molar-refractivity contribution is -0.162. The Morgan fingerprint density at radius 1 is 1.42 bits per heavy atom. The fourth-order valence-corrected chi connectivity index (χ4v) is 3.01. The number of nitrogens with zero attached hydrogens (tertiary/aromatic N) is 1. The molecule has 1 fully saturated rings. The van der Waals surface area contributed by atoms with Crippen LogP contribution >= 0.6 is 11.3 Å². The molecule has 0 aromatic carbocycles. The quantitative estimate of drug-likeness (QED) is 0.752. The van der Waals surface area contributed by atoms with Gasteiger partial charge < -0.3 is 9.64 Å². The predicted octanol–water partition coefficient (Wildman–Crippen LogP) is 2.35. The summed E-state index contributed by atoms with van der Waals surface area (Å²) in [7, 11) is 0. The minimum atomic E-state index is -0.192. The number of ether oxygens (including phenoxy) is 1. The highest BCUT2D eigenvalue weighted by Crippen LogP contribution is 2.25. The third-order valence-corrected chi connectivity index (χ3v) is 4.17. The van der Waals surface area contributed by atoms with Crippen LogP contribution in [0.2, 0.25) is 0 Å². The van der Waals surface area contributed by atoms with Gasteiger partial charge in [-0.05, 0) is 25.3 Å². The van der Waals surface area contributed by atoms with Crippen LogP contribution in [-0.4, -0.2) is 41.9 Å². The normalized spacial score (nSPS) is 17.1. The van der Waals surface area contributed by atoms with Crippen LogP contribution in [0, 0.1) is 0 Å². The number of likely N-dealkylation sites (tertiary alicyclic amines) is 1. The van der Waals surface area contributed by atoms with E-state index in [1.54, 1.807) is 11.0 Å². The minimum Gasteiger partial charge on any atom is -0.372 e. The van der Waals surface area contributed by atoms with Crippen LogP contribution in [-0.2, 0) is 9.53 Å². The summed E-state index contributed by atoms with van der Waals surface area (Å²) in [5, 5.41) is 1.87. The Bertz CT molecular complexity index is 449. The lowest BCUT2D eigenvalue weighted by Gasteiger charge is -2.47. The zero-order valence-electron chi connectivity index (χ0n) is 11.3. The van der Waals surface area contributed by atoms with Gasteiger partial charge in [-0.3, -0.25) is 9.59 Å². The molecule has 0 aliphatic carbocycles. The van der Waals surface area contributed by atoms with E-state index < -0.39 is 0 Å². The molecular weight excluding hydrogens is 262 g/mol. The van der Waals surface area contributed by atoms with Gasteiger partial charge in [0.05, 0.1) is 18.0 Å². The van der Waals surface area contributed by atoms with Crippen LogP contribution in [0.3, 0.4) is 0 Å². The molecule has 0 N–H and O–H groups in total. The highest BCUT2D eigenvalue weighted by molar-refractivity contribution is 7.12. The van der Waals surface area contributed by atoms with Gasteiger partial charge in [0.1, 0.15) is 5.60 Å². The summed E-state index contributed by atoms with van der Waals surface area (Å²) in [5.41, 5.74) is -0.192. The molecule has 5 heteroatoms. The van der Waals surface area contributed by atoms with Crippen molar-refractivity contribution in [2.45, 2.75) is 32.3 Å². The Balaban J connectivity index is 1.73. The molecule has 1 aromatic heterocycles. The molecule has 0 atom stereocenters. The Morgan fingerprint density at radius 3 is 2.74 bits per heavy atom. The van der Waals surface area contributed by atoms with E-state index in [9.17, 15) is 9.59 Å². The number of carbonyl (C=O) groups excluding carboxylic acids is 2. The topological polar surface area (TPSA) is 46.6 Å². The summed E-state index contributed by atoms with van der Waals surface area (Å²) < 4.78 is 5.57. The van der Waals surface area contributed by atoms with E-state index in [-0.39, 0.29) is 17.3 Å². The SMILES string of the molecule is CCOC1(C)CN(C(=O)CCC(=O)c2cccs2)C1. The second kappa shape index (κ2) is 5.84. The van der Waals surface area contributed by atoms with Crippen LogP contribution in [0.25, 0.3) is 0 Å². The van der Waals surface area contributed by atoms with E-state index in [0.717, 1.165) is 4.88 Å². The van der Waals surface area contributed by atoms with Crippen molar-refractivity contribution in [1.82, 2.24) is 4.90 Å². The van der Waals surface area contributed by atoms with E-state index in [2.05, 4.69) is 0 Å². The molecule has 0 radical (unpaired) electrons. The van der Waals surface area contributed by atoms with Crippen LogP contribution in [0.5, 0.6) is 0 Å². The Labute approximate surface area is 117 Å². The average molecular weight is 281 g/mol. The van der Waals surface area contributed by atoms with Gasteiger partial charge in [0.15, 0.2) is 5.78 Å². The summed E-state index contributed by atoms with van der Waals surface area (Å²) in [4.78, 5) is 26.2. The molecule has 1 aliphatic rings. The maximum absolute atomic E-state index is 11.9. The van der Waals surface area contributed by atoms with Crippen LogP contribution in [0.4, 0.5) is 0 Å². The van der Waals surface area contributed by atoms with E-state index in [4.69, 9.17) is 4.74 Å². The third kappa shape index (κ3) is 3.42. The Hall–Kier alpha value is -1.20. The maximum atomic E-state index is 11.9. The number of ketones is 1. The lowest BCUT2D eigenvalue weighted by Crippen LogP contribution is -2.63. The van der Waals surface area contributed by atoms with Crippen molar-refractivity contribution in [3.05, 3.63) is 22.4 Å². The van der Waals surface area contributed by atoms with Crippen molar-refractivity contribution >= 4 is 23.0 Å². The number of amides is 1. The highest BCUT2D eigenvalue weighted by atomic mass is 32.1. The molecule has 2 heterocycles. The first-order chi connectivity index (χ1) is 9.04. The smallest absolute Gasteiger partial charge is 0.223 e. The summed E-state index contributed by atoms with van der Waals surface area (Å²) >= 11 is 1.42. The van der Waals surface area contributed by atoms with Crippen molar-refractivity contribution in [1.29, 1.82) is 0 Å². The zero-order valence-corrected chi connectivity index (χ0v) is 12.2. The monoisotopic (exact) mass is 281 g/mol. The number of hydrogen-bond acceptors (Lipinski definition) is 4. The standard InChI is InChI=1S/C14H19NO3S/c1-3-18-14(2)9-15(10-14)13(17)7-6-11(16)12-5-4-8-19-12/h4-5,8H,3,6-7,9-10H2,1-2H3. The summed E-state index contributed by atoms with van der Waals surface area (Å²) in [5.74, 6) is 0.0959. The predicted molar refractivity (Wildman–Crippen MR) is 74.5 cm³/mol. The van der Waals surface area contributed by atoms with Gasteiger partial charge in [0.25, 0.3) is 0 Å². The van der Waals surface area contributed by atoms with E-state index >= 15 is 0 Å². The molecule has 1 aromatic rings. The van der Waals surface area contributed by atoms with Crippen molar-refractivity contribution < 1.29 is 14.3 Å². The van der Waals surface area contributed by atoms with E-state index in [1.165, 1.54) is 11.3 Å². The average Bonchev–Trinajstić information content (AvgIpc) is 2.86. The highest BCUT2D eigenvalue weighted by Gasteiger charge is 2.41. The van der Waals surface area contributed by atoms with Crippen molar-refractivity contribution in [3.8, 4) is 0 Å². The van der Waals surface area contributed by atoms with E-state index in [1.807, 2.05) is 25.3 Å². The second-order valence-corrected chi connectivity index (χ2v) is 5.98. The zero-order chi connectivity index (χ0) is 13.9. The first-order valence-corrected chi connectivity index (χ1v) is 7.40. The molecule has 104 valence electrons. The fourth-order valence-electron chi connectivity index (χ4n) is 2.32. The lowest BCUT2D eigenvalue weighted by atomic mass is 9.95. The Morgan fingerprint density at radius 2 is 2.16 bits per heavy atom. The molecule has 19 heavy (non-hydrogen) atoms. The van der Waals surface area contributed by atoms with Gasteiger partial charge in [-0.2, -0.15) is 0 Å². The second-order valence-electron chi connectivity index (χ2n) is 5.03. The Kier molecular flexibility index (Phi) is 4.37. The third-order valence-electron chi connectivity index (χ3n) is 3.26. The first kappa shape index (κ1) is 14.2. The van der Waals surface area contributed by atoms with Gasteiger partial charge in [-0.25, -0.2) is 0 Å². The first-order valence-electron chi connectivity index (χ1n) is 6.52. The van der Waals surface area contributed by atoms with Crippen LogP contribution < -0.4 is 0 Å². The van der Waals surface area contributed by atoms with Gasteiger partial charge in [0, 0.05) is 19.4 Å². The van der Waals surface area contributed by atoms with Gasteiger partial charge in [-0.15, -0.1) is 11.3 Å². The van der Waals surface area contributed by atoms with Crippen molar-refractivity contribution in [3.63, 3.8) is 0 Å². The number of Topliss-reactive ketones (excluding diaryl/α,β-unsaturated/α-hetero) is 1. The molecule has 1 aliphatic heterocycles. The molecule has 0 spiro atoms. The summed E-state index contributed by atoms with van der Waals surface area (Å²) in [6.45, 7) is 5.89. The van der Waals surface area contributed by atoms with Crippen LogP contribution in [0.15, 0.2) is 17.5 Å². The van der Waals surface area contributed by atoms with Crippen molar-refractivity contribution in [2.24, 2.45) is 0 Å². The molecule has 0 unspecified atom stereocenters. The largest absolute Gasteiger partial charge is 0.372 e. The molecule has 2 rings (SSSR count). The van der Waals surface area contributed by atoms with Gasteiger partial charge in [-0.1, -0.05) is 6.07 Å². The summed E-state index contributed by atoms with van der Waals surface area (Å²) in [6, 6.07) is 3.65. The molecule has 4 nitrogen and oxygen atoms in total. The minimum absolute atomic E-state index is 0.0436. The van der Waals surface area contributed by atoms with E-state index in [0.29, 0.717) is 32.5 Å². The van der Waals surface area contributed by atoms with Gasteiger partial charge >= 0.3 is 0 Å². The molecule has 0 saturated carbocycles. The molecule has 1 saturated heterocycles. The maximum Gasteiger partial charge on any atom is 0.223 e.